The lowest BCUT2D eigenvalue weighted by Crippen LogP contribution is -2.10. The maximum absolute atomic E-state index is 12.7. The minimum Gasteiger partial charge on any atom is -0.381 e. The summed E-state index contributed by atoms with van der Waals surface area (Å²) < 4.78 is 17.8. The van der Waals surface area contributed by atoms with Gasteiger partial charge in [0.2, 0.25) is 0 Å². The van der Waals surface area contributed by atoms with Crippen molar-refractivity contribution in [2.45, 2.75) is 19.0 Å². The van der Waals surface area contributed by atoms with Gasteiger partial charge in [0.1, 0.15) is 6.17 Å². The first kappa shape index (κ1) is 8.47. The van der Waals surface area contributed by atoms with Gasteiger partial charge in [0.15, 0.2) is 0 Å². The van der Waals surface area contributed by atoms with E-state index < -0.39 is 6.17 Å². The maximum Gasteiger partial charge on any atom is 0.110 e. The first-order valence-corrected chi connectivity index (χ1v) is 4.73. The molecule has 0 radical (unpaired) electrons. The molecule has 0 aromatic rings. The Bertz CT molecular complexity index is 93.6. The molecular formula is C7H12BrFO. The van der Waals surface area contributed by atoms with Crippen LogP contribution in [0.15, 0.2) is 0 Å². The van der Waals surface area contributed by atoms with Crippen molar-refractivity contribution in [1.29, 1.82) is 0 Å². The first-order chi connectivity index (χ1) is 4.83. The number of hydrogen-bond donors (Lipinski definition) is 0. The number of halogens is 2. The fourth-order valence-corrected chi connectivity index (χ4v) is 1.46. The summed E-state index contributed by atoms with van der Waals surface area (Å²) in [6.07, 6.45) is 1.00. The predicted octanol–water partition coefficient (Wildman–Crippen LogP) is 2.15. The lowest BCUT2D eigenvalue weighted by Gasteiger charge is -2.08. The lowest BCUT2D eigenvalue weighted by molar-refractivity contribution is 0.176. The molecule has 2 atom stereocenters. The standard InChI is InChI=1S/C7H12BrFO/c8-4-7(9)3-6-1-2-10-5-6/h6-7H,1-5H2/t6-,7-/m0/s1. The monoisotopic (exact) mass is 210 g/mol. The molecule has 0 aromatic carbocycles. The normalized spacial score (nSPS) is 28.8. The molecule has 0 N–H and O–H groups in total. The second-order valence-corrected chi connectivity index (χ2v) is 3.36. The van der Waals surface area contributed by atoms with E-state index in [2.05, 4.69) is 15.9 Å². The highest BCUT2D eigenvalue weighted by Gasteiger charge is 2.19. The quantitative estimate of drug-likeness (QED) is 0.650. The summed E-state index contributed by atoms with van der Waals surface area (Å²) in [5.74, 6) is 0.465. The minimum absolute atomic E-state index is 0.462. The van der Waals surface area contributed by atoms with E-state index in [9.17, 15) is 4.39 Å². The van der Waals surface area contributed by atoms with Crippen molar-refractivity contribution < 1.29 is 9.13 Å². The Morgan fingerprint density at radius 3 is 3.00 bits per heavy atom. The van der Waals surface area contributed by atoms with E-state index >= 15 is 0 Å². The van der Waals surface area contributed by atoms with E-state index in [1.165, 1.54) is 0 Å². The van der Waals surface area contributed by atoms with Crippen molar-refractivity contribution in [3.8, 4) is 0 Å². The van der Waals surface area contributed by atoms with Crippen LogP contribution in [-0.4, -0.2) is 24.7 Å². The van der Waals surface area contributed by atoms with Gasteiger partial charge in [-0.3, -0.25) is 0 Å². The molecule has 1 heterocycles. The van der Waals surface area contributed by atoms with E-state index in [1.54, 1.807) is 0 Å². The zero-order valence-electron chi connectivity index (χ0n) is 5.85. The summed E-state index contributed by atoms with van der Waals surface area (Å²) in [5, 5.41) is 0.462. The SMILES string of the molecule is F[C@H](CBr)C[C@@H]1CCOC1. The molecule has 10 heavy (non-hydrogen) atoms. The summed E-state index contributed by atoms with van der Waals surface area (Å²) in [7, 11) is 0. The van der Waals surface area contributed by atoms with Crippen LogP contribution >= 0.6 is 15.9 Å². The third-order valence-corrected chi connectivity index (χ3v) is 2.48. The molecule has 1 nitrogen and oxygen atoms in total. The Morgan fingerprint density at radius 2 is 2.50 bits per heavy atom. The highest BCUT2D eigenvalue weighted by molar-refractivity contribution is 9.09. The summed E-state index contributed by atoms with van der Waals surface area (Å²) >= 11 is 3.11. The highest BCUT2D eigenvalue weighted by atomic mass is 79.9. The molecule has 0 spiro atoms. The highest BCUT2D eigenvalue weighted by Crippen LogP contribution is 2.20. The molecule has 0 bridgehead atoms. The third-order valence-electron chi connectivity index (χ3n) is 1.78. The number of hydrogen-bond acceptors (Lipinski definition) is 1. The van der Waals surface area contributed by atoms with E-state index in [0.29, 0.717) is 17.7 Å². The Balaban J connectivity index is 2.11. The van der Waals surface area contributed by atoms with Crippen LogP contribution in [0, 0.1) is 5.92 Å². The molecule has 1 rings (SSSR count). The molecular weight excluding hydrogens is 199 g/mol. The van der Waals surface area contributed by atoms with Crippen LogP contribution in [0.5, 0.6) is 0 Å². The fraction of sp³-hybridized carbons (Fsp3) is 1.00. The smallest absolute Gasteiger partial charge is 0.110 e. The van der Waals surface area contributed by atoms with Crippen molar-refractivity contribution in [3.05, 3.63) is 0 Å². The lowest BCUT2D eigenvalue weighted by atomic mass is 10.0. The van der Waals surface area contributed by atoms with Crippen molar-refractivity contribution in [2.75, 3.05) is 18.5 Å². The van der Waals surface area contributed by atoms with E-state index in [1.807, 2.05) is 0 Å². The first-order valence-electron chi connectivity index (χ1n) is 3.60. The van der Waals surface area contributed by atoms with Crippen molar-refractivity contribution >= 4 is 15.9 Å². The van der Waals surface area contributed by atoms with Crippen LogP contribution in [0.4, 0.5) is 4.39 Å². The summed E-state index contributed by atoms with van der Waals surface area (Å²) in [6, 6.07) is 0. The second-order valence-electron chi connectivity index (χ2n) is 2.72. The third kappa shape index (κ3) is 2.54. The molecule has 1 fully saturated rings. The molecule has 1 aliphatic heterocycles. The average Bonchev–Trinajstić information content (AvgIpc) is 2.40. The van der Waals surface area contributed by atoms with Crippen LogP contribution in [0.2, 0.25) is 0 Å². The number of alkyl halides is 2. The average molecular weight is 211 g/mol. The molecule has 3 heteroatoms. The van der Waals surface area contributed by atoms with Gasteiger partial charge in [0, 0.05) is 18.5 Å². The largest absolute Gasteiger partial charge is 0.381 e. The van der Waals surface area contributed by atoms with Gasteiger partial charge in [-0.15, -0.1) is 0 Å². The van der Waals surface area contributed by atoms with Crippen molar-refractivity contribution in [2.24, 2.45) is 5.92 Å². The van der Waals surface area contributed by atoms with Crippen molar-refractivity contribution in [1.82, 2.24) is 0 Å². The molecule has 1 aliphatic rings. The molecule has 0 saturated carbocycles. The van der Waals surface area contributed by atoms with Crippen LogP contribution in [0.1, 0.15) is 12.8 Å². The maximum atomic E-state index is 12.7. The van der Waals surface area contributed by atoms with Gasteiger partial charge < -0.3 is 4.74 Å². The van der Waals surface area contributed by atoms with Crippen LogP contribution < -0.4 is 0 Å². The zero-order chi connectivity index (χ0) is 7.40. The van der Waals surface area contributed by atoms with E-state index in [4.69, 9.17) is 4.74 Å². The van der Waals surface area contributed by atoms with E-state index in [0.717, 1.165) is 19.6 Å². The molecule has 60 valence electrons. The molecule has 1 saturated heterocycles. The van der Waals surface area contributed by atoms with Gasteiger partial charge in [-0.2, -0.15) is 0 Å². The Hall–Kier alpha value is 0.370. The van der Waals surface area contributed by atoms with Crippen LogP contribution in [0.3, 0.4) is 0 Å². The molecule has 0 aliphatic carbocycles. The summed E-state index contributed by atoms with van der Waals surface area (Å²) in [4.78, 5) is 0. The predicted molar refractivity (Wildman–Crippen MR) is 42.2 cm³/mol. The Labute approximate surface area is 69.1 Å². The van der Waals surface area contributed by atoms with Gasteiger partial charge in [-0.25, -0.2) is 4.39 Å². The van der Waals surface area contributed by atoms with Gasteiger partial charge in [-0.1, -0.05) is 15.9 Å². The molecule has 0 unspecified atom stereocenters. The summed E-state index contributed by atoms with van der Waals surface area (Å²) in [6.45, 7) is 1.58. The van der Waals surface area contributed by atoms with Gasteiger partial charge in [-0.05, 0) is 18.8 Å². The summed E-state index contributed by atoms with van der Waals surface area (Å²) in [5.41, 5.74) is 0. The Kier molecular flexibility index (Phi) is 3.63. The van der Waals surface area contributed by atoms with Crippen LogP contribution in [-0.2, 0) is 4.74 Å². The fourth-order valence-electron chi connectivity index (χ4n) is 1.19. The number of rotatable bonds is 3. The van der Waals surface area contributed by atoms with Gasteiger partial charge in [0.25, 0.3) is 0 Å². The molecule has 0 aromatic heterocycles. The minimum atomic E-state index is -0.688. The van der Waals surface area contributed by atoms with Gasteiger partial charge >= 0.3 is 0 Å². The topological polar surface area (TPSA) is 9.23 Å². The number of ether oxygens (including phenoxy) is 1. The molecule has 0 amide bonds. The van der Waals surface area contributed by atoms with Crippen LogP contribution in [0.25, 0.3) is 0 Å². The zero-order valence-corrected chi connectivity index (χ0v) is 7.44. The van der Waals surface area contributed by atoms with Crippen molar-refractivity contribution in [3.63, 3.8) is 0 Å². The van der Waals surface area contributed by atoms with E-state index in [-0.39, 0.29) is 0 Å². The Morgan fingerprint density at radius 1 is 1.70 bits per heavy atom. The second kappa shape index (κ2) is 4.29. The van der Waals surface area contributed by atoms with Gasteiger partial charge in [0.05, 0.1) is 0 Å².